The van der Waals surface area contributed by atoms with Gasteiger partial charge in [-0.25, -0.2) is 23.2 Å². The largest absolute Gasteiger partial charge is 0.497 e. The molecule has 4 aliphatic rings. The van der Waals surface area contributed by atoms with E-state index < -0.39 is 74.3 Å². The average molecular weight is 808 g/mol. The first-order valence-electron chi connectivity index (χ1n) is 19.1. The number of nitrogens with zero attached hydrogens (tertiary/aromatic N) is 4. The van der Waals surface area contributed by atoms with Crippen molar-refractivity contribution in [3.05, 3.63) is 48.9 Å². The number of aromatic nitrogens is 2. The van der Waals surface area contributed by atoms with Gasteiger partial charge in [-0.15, -0.1) is 0 Å². The van der Waals surface area contributed by atoms with Gasteiger partial charge >= 0.3 is 6.09 Å². The number of amides is 4. The molecule has 2 aliphatic carbocycles. The van der Waals surface area contributed by atoms with E-state index >= 15 is 0 Å². The zero-order chi connectivity index (χ0) is 40.7. The van der Waals surface area contributed by atoms with Gasteiger partial charge in [0.25, 0.3) is 5.91 Å². The highest BCUT2D eigenvalue weighted by atomic mass is 32.2. The third kappa shape index (κ3) is 9.01. The number of allylic oxidation sites excluding steroid dienone is 1. The summed E-state index contributed by atoms with van der Waals surface area (Å²) in [7, 11) is -0.534. The van der Waals surface area contributed by atoms with Gasteiger partial charge in [0.05, 0.1) is 25.1 Å². The van der Waals surface area contributed by atoms with Crippen LogP contribution in [-0.4, -0.2) is 120 Å². The number of nitrogens with one attached hydrogen (secondary N) is 3. The molecular formula is C39H49N7O10S. The summed E-state index contributed by atoms with van der Waals surface area (Å²) in [6.07, 6.45) is 7.47. The molecule has 5 atom stereocenters. The van der Waals surface area contributed by atoms with Crippen LogP contribution in [0, 0.1) is 5.92 Å². The minimum absolute atomic E-state index is 0.0201. The van der Waals surface area contributed by atoms with Gasteiger partial charge < -0.3 is 39.1 Å². The molecule has 0 spiro atoms. The van der Waals surface area contributed by atoms with Gasteiger partial charge in [0.2, 0.25) is 33.6 Å². The molecule has 57 heavy (non-hydrogen) atoms. The van der Waals surface area contributed by atoms with E-state index in [1.54, 1.807) is 46.1 Å². The molecule has 2 aromatic heterocycles. The van der Waals surface area contributed by atoms with Crippen LogP contribution in [0.5, 0.6) is 11.6 Å². The first-order valence-corrected chi connectivity index (χ1v) is 20.7. The molecule has 0 bridgehead atoms. The molecule has 18 heteroatoms. The maximum absolute atomic E-state index is 14.7. The number of sulfonamides is 1. The molecule has 1 unspecified atom stereocenters. The van der Waals surface area contributed by atoms with Crippen molar-refractivity contribution in [2.24, 2.45) is 5.92 Å². The van der Waals surface area contributed by atoms with E-state index in [9.17, 15) is 27.6 Å². The Bertz CT molecular complexity index is 2170. The summed E-state index contributed by atoms with van der Waals surface area (Å²) in [4.78, 5) is 68.4. The number of carbonyl (C=O) groups is 4. The average Bonchev–Trinajstić information content (AvgIpc) is 4.01. The first kappa shape index (κ1) is 40.0. The van der Waals surface area contributed by atoms with Crippen LogP contribution in [0.25, 0.3) is 22.4 Å². The number of likely N-dealkylation sites (N-methyl/N-ethyl adjacent to an activating group) is 1. The lowest BCUT2D eigenvalue weighted by Gasteiger charge is -2.32. The number of oxazole rings is 1. The van der Waals surface area contributed by atoms with Crippen molar-refractivity contribution in [2.75, 3.05) is 33.8 Å². The van der Waals surface area contributed by atoms with Crippen molar-refractivity contribution >= 4 is 44.6 Å². The van der Waals surface area contributed by atoms with Crippen molar-refractivity contribution < 1.29 is 46.2 Å². The summed E-state index contributed by atoms with van der Waals surface area (Å²) < 4.78 is 51.1. The Morgan fingerprint density at radius 3 is 2.61 bits per heavy atom. The van der Waals surface area contributed by atoms with E-state index in [0.29, 0.717) is 54.4 Å². The summed E-state index contributed by atoms with van der Waals surface area (Å²) >= 11 is 0. The van der Waals surface area contributed by atoms with Gasteiger partial charge in [-0.3, -0.25) is 19.1 Å². The van der Waals surface area contributed by atoms with Crippen molar-refractivity contribution in [3.63, 3.8) is 0 Å². The smallest absolute Gasteiger partial charge is 0.408 e. The molecule has 2 saturated carbocycles. The van der Waals surface area contributed by atoms with Crippen LogP contribution in [0.15, 0.2) is 53.3 Å². The maximum Gasteiger partial charge on any atom is 0.408 e. The molecule has 3 N–H and O–H groups in total. The van der Waals surface area contributed by atoms with Gasteiger partial charge in [0, 0.05) is 24.3 Å². The predicted octanol–water partition coefficient (Wildman–Crippen LogP) is 2.91. The summed E-state index contributed by atoms with van der Waals surface area (Å²) in [6.45, 7) is 5.73. The molecule has 1 saturated heterocycles. The Labute approximate surface area is 330 Å². The van der Waals surface area contributed by atoms with Crippen LogP contribution in [0.2, 0.25) is 0 Å². The molecule has 4 heterocycles. The Hall–Kier alpha value is -5.23. The second-order valence-corrected chi connectivity index (χ2v) is 18.2. The number of hydrogen-bond donors (Lipinski definition) is 3. The quantitative estimate of drug-likeness (QED) is 0.280. The molecular weight excluding hydrogens is 759 g/mol. The Kier molecular flexibility index (Phi) is 10.9. The molecule has 17 nitrogen and oxygen atoms in total. The molecule has 2 aliphatic heterocycles. The Morgan fingerprint density at radius 2 is 1.91 bits per heavy atom. The van der Waals surface area contributed by atoms with Crippen LogP contribution >= 0.6 is 0 Å². The number of ether oxygens (including phenoxy) is 3. The number of methoxy groups -OCH3 is 1. The highest BCUT2D eigenvalue weighted by molar-refractivity contribution is 7.91. The minimum Gasteiger partial charge on any atom is -0.497 e. The number of alkyl carbamates (subject to hydrolysis) is 1. The molecule has 306 valence electrons. The fourth-order valence-corrected chi connectivity index (χ4v) is 8.72. The number of rotatable bonds is 8. The van der Waals surface area contributed by atoms with E-state index in [0.717, 1.165) is 0 Å². The minimum atomic E-state index is -3.92. The van der Waals surface area contributed by atoms with Crippen LogP contribution in [0.3, 0.4) is 0 Å². The highest BCUT2D eigenvalue weighted by Crippen LogP contribution is 2.46. The number of fused-ring (bicyclic) bond motifs is 3. The Balaban J connectivity index is 1.24. The van der Waals surface area contributed by atoms with Crippen molar-refractivity contribution in [2.45, 2.75) is 93.9 Å². The monoisotopic (exact) mass is 807 g/mol. The molecule has 0 radical (unpaired) electrons. The van der Waals surface area contributed by atoms with Crippen LogP contribution in [0.4, 0.5) is 4.79 Å². The van der Waals surface area contributed by atoms with E-state index in [1.807, 2.05) is 30.2 Å². The maximum atomic E-state index is 14.7. The molecule has 4 amide bonds. The Morgan fingerprint density at radius 1 is 1.12 bits per heavy atom. The molecule has 3 aromatic rings. The van der Waals surface area contributed by atoms with Gasteiger partial charge in [0.15, 0.2) is 0 Å². The highest BCUT2D eigenvalue weighted by Gasteiger charge is 2.62. The lowest BCUT2D eigenvalue weighted by molar-refractivity contribution is -0.141. The van der Waals surface area contributed by atoms with Gasteiger partial charge in [0.1, 0.15) is 47.0 Å². The van der Waals surface area contributed by atoms with E-state index in [-0.39, 0.29) is 37.7 Å². The van der Waals surface area contributed by atoms with Crippen molar-refractivity contribution in [1.82, 2.24) is 35.1 Å². The summed E-state index contributed by atoms with van der Waals surface area (Å²) in [5, 5.41) is 6.28. The van der Waals surface area contributed by atoms with Crippen molar-refractivity contribution in [1.29, 1.82) is 0 Å². The fourth-order valence-electron chi connectivity index (χ4n) is 7.36. The number of pyridine rings is 1. The third-order valence-corrected chi connectivity index (χ3v) is 12.3. The second-order valence-electron chi connectivity index (χ2n) is 16.2. The summed E-state index contributed by atoms with van der Waals surface area (Å²) in [5.74, 6) is -1.48. The van der Waals surface area contributed by atoms with Crippen LogP contribution in [0.1, 0.15) is 59.3 Å². The zero-order valence-corrected chi connectivity index (χ0v) is 33.5. The number of benzene rings is 1. The van der Waals surface area contributed by atoms with Crippen LogP contribution in [-0.2, 0) is 29.1 Å². The zero-order valence-electron chi connectivity index (χ0n) is 32.6. The second kappa shape index (κ2) is 15.6. The molecule has 1 aromatic carbocycles. The molecule has 7 rings (SSSR count). The summed E-state index contributed by atoms with van der Waals surface area (Å²) in [5.41, 5.74) is -2.01. The lowest BCUT2D eigenvalue weighted by atomic mass is 10.1. The normalized spacial score (nSPS) is 26.6. The van der Waals surface area contributed by atoms with E-state index in [1.165, 1.54) is 17.4 Å². The van der Waals surface area contributed by atoms with Crippen LogP contribution < -0.4 is 24.8 Å². The fraction of sp³-hybridized carbons (Fsp3) is 0.538. The van der Waals surface area contributed by atoms with E-state index in [4.69, 9.17) is 23.6 Å². The van der Waals surface area contributed by atoms with Crippen molar-refractivity contribution in [3.8, 4) is 23.2 Å². The summed E-state index contributed by atoms with van der Waals surface area (Å²) in [6, 6.07) is 4.83. The lowest BCUT2D eigenvalue weighted by Crippen LogP contribution is -2.59. The standard InChI is InChI=1S/C39H49N7O10S/c1-38(2,3)56-37(50)42-30-22-45(4)15-8-6-7-9-24-20-39(24,36(49)44-57(51,52)27-11-12-27)43-32(47)31-19-26(21-46(31)35(30)48)55-33-28-13-10-25(53-5)17-23(28)18-29(41-33)34-40-14-16-54-34/h7,9-10,13-14,16-18,24,26-27,30-31H,6,8,11-12,15,19-22H2,1-5H3,(H,42,50)(H,43,47)(H,44,49)/b9-7-/t24-,26?,30+,31+,39-/m1/s1. The number of hydrogen-bond acceptors (Lipinski definition) is 13. The SMILES string of the molecule is COc1ccc2c(OC3C[C@H]4C(=O)N[C@]5(C(=O)NS(=O)(=O)C6CC6)C[C@H]5/C=C\CCCN(C)C[C@H](NC(=O)OC(C)(C)C)C(=O)N4C3)nc(-c3ncco3)cc2c1. The first-order chi connectivity index (χ1) is 27.0. The van der Waals surface area contributed by atoms with Gasteiger partial charge in [-0.05, 0) is 96.1 Å². The molecule has 3 fully saturated rings. The predicted molar refractivity (Wildman–Crippen MR) is 206 cm³/mol. The number of carbonyl (C=O) groups excluding carboxylic acids is 4. The van der Waals surface area contributed by atoms with Gasteiger partial charge in [-0.1, -0.05) is 12.2 Å². The van der Waals surface area contributed by atoms with E-state index in [2.05, 4.69) is 20.3 Å². The topological polar surface area (TPSA) is 212 Å². The van der Waals surface area contributed by atoms with Gasteiger partial charge in [-0.2, -0.15) is 0 Å². The third-order valence-electron chi connectivity index (χ3n) is 10.5.